The lowest BCUT2D eigenvalue weighted by Gasteiger charge is -2.19. The Morgan fingerprint density at radius 3 is 2.59 bits per heavy atom. The van der Waals surface area contributed by atoms with Crippen LogP contribution in [0, 0.1) is 0 Å². The molecule has 1 heterocycles. The van der Waals surface area contributed by atoms with Crippen molar-refractivity contribution in [1.82, 2.24) is 9.88 Å². The van der Waals surface area contributed by atoms with Gasteiger partial charge in [-0.15, -0.1) is 0 Å². The highest BCUT2D eigenvalue weighted by Crippen LogP contribution is 2.34. The number of hydrogen-bond acceptors (Lipinski definition) is 3. The molecular formula is C11H16F3N3. The van der Waals surface area contributed by atoms with Gasteiger partial charge in [0.15, 0.2) is 0 Å². The van der Waals surface area contributed by atoms with Gasteiger partial charge in [0.05, 0.1) is 5.56 Å². The molecule has 0 aliphatic rings. The lowest BCUT2D eigenvalue weighted by Crippen LogP contribution is -2.22. The molecule has 0 aromatic carbocycles. The highest BCUT2D eigenvalue weighted by molar-refractivity contribution is 5.28. The summed E-state index contributed by atoms with van der Waals surface area (Å²) in [7, 11) is 3.70. The summed E-state index contributed by atoms with van der Waals surface area (Å²) in [5, 5.41) is 0. The van der Waals surface area contributed by atoms with Gasteiger partial charge < -0.3 is 10.6 Å². The van der Waals surface area contributed by atoms with E-state index in [9.17, 15) is 13.2 Å². The van der Waals surface area contributed by atoms with Gasteiger partial charge >= 0.3 is 6.18 Å². The van der Waals surface area contributed by atoms with Crippen molar-refractivity contribution in [1.29, 1.82) is 0 Å². The second-order valence-electron chi connectivity index (χ2n) is 4.16. The molecule has 3 nitrogen and oxygen atoms in total. The maximum atomic E-state index is 12.7. The molecule has 0 aliphatic heterocycles. The summed E-state index contributed by atoms with van der Waals surface area (Å²) in [5.74, 6) is 0. The van der Waals surface area contributed by atoms with E-state index >= 15 is 0 Å². The first-order chi connectivity index (χ1) is 7.82. The second-order valence-corrected chi connectivity index (χ2v) is 4.16. The Morgan fingerprint density at radius 1 is 1.41 bits per heavy atom. The zero-order valence-corrected chi connectivity index (χ0v) is 9.83. The smallest absolute Gasteiger partial charge is 0.324 e. The maximum absolute atomic E-state index is 12.7. The number of nitrogens with zero attached hydrogens (tertiary/aromatic N) is 2. The van der Waals surface area contributed by atoms with Crippen LogP contribution in [0.5, 0.6) is 0 Å². The summed E-state index contributed by atoms with van der Waals surface area (Å²) in [5.41, 5.74) is 5.14. The number of halogens is 3. The van der Waals surface area contributed by atoms with Crippen molar-refractivity contribution in [3.63, 3.8) is 0 Å². The number of hydrogen-bond donors (Lipinski definition) is 1. The fourth-order valence-electron chi connectivity index (χ4n) is 1.51. The van der Waals surface area contributed by atoms with E-state index in [-0.39, 0.29) is 5.56 Å². The van der Waals surface area contributed by atoms with Gasteiger partial charge in [0.1, 0.15) is 0 Å². The zero-order valence-electron chi connectivity index (χ0n) is 9.83. The summed E-state index contributed by atoms with van der Waals surface area (Å²) in [6.45, 7) is 0.632. The van der Waals surface area contributed by atoms with Crippen LogP contribution >= 0.6 is 0 Å². The number of rotatable bonds is 4. The Morgan fingerprint density at radius 2 is 2.06 bits per heavy atom. The van der Waals surface area contributed by atoms with Gasteiger partial charge in [-0.05, 0) is 38.7 Å². The van der Waals surface area contributed by atoms with E-state index in [0.717, 1.165) is 12.3 Å². The fourth-order valence-corrected chi connectivity index (χ4v) is 1.51. The van der Waals surface area contributed by atoms with E-state index in [4.69, 9.17) is 5.73 Å². The highest BCUT2D eigenvalue weighted by Gasteiger charge is 2.34. The fraction of sp³-hybridized carbons (Fsp3) is 0.545. The largest absolute Gasteiger partial charge is 0.416 e. The average Bonchev–Trinajstić information content (AvgIpc) is 2.24. The Kier molecular flexibility index (Phi) is 4.47. The third-order valence-corrected chi connectivity index (χ3v) is 2.44. The summed E-state index contributed by atoms with van der Waals surface area (Å²) >= 11 is 0. The normalized spacial score (nSPS) is 14.1. The highest BCUT2D eigenvalue weighted by atomic mass is 19.4. The summed E-state index contributed by atoms with van der Waals surface area (Å²) in [6, 6.07) is 0.313. The minimum atomic E-state index is -4.38. The van der Waals surface area contributed by atoms with Gasteiger partial charge in [-0.3, -0.25) is 4.98 Å². The van der Waals surface area contributed by atoms with Crippen LogP contribution in [0.15, 0.2) is 18.5 Å². The standard InChI is InChI=1S/C11H16F3N3/c1-17(2)6-4-10(15)8-7-16-5-3-9(8)11(12,13)14/h3,5,7,10H,4,6,15H2,1-2H3. The van der Waals surface area contributed by atoms with E-state index in [2.05, 4.69) is 4.98 Å². The van der Waals surface area contributed by atoms with Gasteiger partial charge in [0, 0.05) is 18.4 Å². The van der Waals surface area contributed by atoms with Crippen molar-refractivity contribution in [2.75, 3.05) is 20.6 Å². The molecule has 1 rings (SSSR count). The molecule has 1 unspecified atom stereocenters. The number of nitrogens with two attached hydrogens (primary N) is 1. The molecular weight excluding hydrogens is 231 g/mol. The minimum absolute atomic E-state index is 0.0573. The SMILES string of the molecule is CN(C)CCC(N)c1cnccc1C(F)(F)F. The molecule has 0 bridgehead atoms. The average molecular weight is 247 g/mol. The van der Waals surface area contributed by atoms with E-state index in [1.165, 1.54) is 6.20 Å². The number of pyridine rings is 1. The van der Waals surface area contributed by atoms with E-state index in [1.807, 2.05) is 19.0 Å². The Labute approximate surface area is 98.4 Å². The van der Waals surface area contributed by atoms with Crippen molar-refractivity contribution < 1.29 is 13.2 Å². The minimum Gasteiger partial charge on any atom is -0.324 e. The van der Waals surface area contributed by atoms with Crippen LogP contribution in [0.1, 0.15) is 23.6 Å². The lowest BCUT2D eigenvalue weighted by molar-refractivity contribution is -0.138. The predicted molar refractivity (Wildman–Crippen MR) is 59.3 cm³/mol. The second kappa shape index (κ2) is 5.46. The monoisotopic (exact) mass is 247 g/mol. The Balaban J connectivity index is 2.89. The molecule has 1 aromatic rings. The molecule has 0 amide bonds. The third kappa shape index (κ3) is 3.98. The van der Waals surface area contributed by atoms with Gasteiger partial charge in [0.2, 0.25) is 0 Å². The molecule has 0 radical (unpaired) electrons. The van der Waals surface area contributed by atoms with Crippen LogP contribution in [0.4, 0.5) is 13.2 Å². The zero-order chi connectivity index (χ0) is 13.1. The third-order valence-electron chi connectivity index (χ3n) is 2.44. The molecule has 0 aliphatic carbocycles. The molecule has 0 saturated heterocycles. The quantitative estimate of drug-likeness (QED) is 0.885. The predicted octanol–water partition coefficient (Wildman–Crippen LogP) is 2.05. The first-order valence-corrected chi connectivity index (χ1v) is 5.23. The first-order valence-electron chi connectivity index (χ1n) is 5.23. The molecule has 2 N–H and O–H groups in total. The van der Waals surface area contributed by atoms with E-state index in [0.29, 0.717) is 13.0 Å². The Hall–Kier alpha value is -1.14. The van der Waals surface area contributed by atoms with Gasteiger partial charge in [-0.25, -0.2) is 0 Å². The summed E-state index contributed by atoms with van der Waals surface area (Å²) in [4.78, 5) is 5.59. The molecule has 0 spiro atoms. The molecule has 96 valence electrons. The molecule has 0 saturated carbocycles. The van der Waals surface area contributed by atoms with Gasteiger partial charge in [-0.2, -0.15) is 13.2 Å². The summed E-state index contributed by atoms with van der Waals surface area (Å²) in [6.07, 6.45) is -1.59. The van der Waals surface area contributed by atoms with Crippen LogP contribution in [-0.4, -0.2) is 30.5 Å². The molecule has 6 heteroatoms. The van der Waals surface area contributed by atoms with Gasteiger partial charge in [-0.1, -0.05) is 0 Å². The summed E-state index contributed by atoms with van der Waals surface area (Å²) < 4.78 is 38.1. The number of aromatic nitrogens is 1. The van der Waals surface area contributed by atoms with E-state index in [1.54, 1.807) is 0 Å². The first kappa shape index (κ1) is 13.9. The van der Waals surface area contributed by atoms with Crippen molar-refractivity contribution in [2.24, 2.45) is 5.73 Å². The maximum Gasteiger partial charge on any atom is 0.416 e. The molecule has 0 fully saturated rings. The van der Waals surface area contributed by atoms with Crippen molar-refractivity contribution in [3.05, 3.63) is 29.6 Å². The molecule has 1 atom stereocenters. The number of alkyl halides is 3. The molecule has 1 aromatic heterocycles. The Bertz CT molecular complexity index is 363. The topological polar surface area (TPSA) is 42.1 Å². The van der Waals surface area contributed by atoms with Crippen LogP contribution in [0.25, 0.3) is 0 Å². The van der Waals surface area contributed by atoms with Crippen LogP contribution in [-0.2, 0) is 6.18 Å². The van der Waals surface area contributed by atoms with Crippen molar-refractivity contribution >= 4 is 0 Å². The van der Waals surface area contributed by atoms with Crippen LogP contribution < -0.4 is 5.73 Å². The van der Waals surface area contributed by atoms with Crippen LogP contribution in [0.3, 0.4) is 0 Å². The van der Waals surface area contributed by atoms with Crippen LogP contribution in [0.2, 0.25) is 0 Å². The van der Waals surface area contributed by atoms with Gasteiger partial charge in [0.25, 0.3) is 0 Å². The van der Waals surface area contributed by atoms with Crippen molar-refractivity contribution in [3.8, 4) is 0 Å². The van der Waals surface area contributed by atoms with Crippen molar-refractivity contribution in [2.45, 2.75) is 18.6 Å². The molecule has 17 heavy (non-hydrogen) atoms. The lowest BCUT2D eigenvalue weighted by atomic mass is 10.0. The van der Waals surface area contributed by atoms with E-state index < -0.39 is 17.8 Å².